The number of hydrogen-bond donors (Lipinski definition) is 0. The van der Waals surface area contributed by atoms with Gasteiger partial charge in [-0.25, -0.2) is 15.0 Å². The molecular weight excluding hydrogens is 765 g/mol. The van der Waals surface area contributed by atoms with Gasteiger partial charge in [0.15, 0.2) is 17.5 Å². The lowest BCUT2D eigenvalue weighted by molar-refractivity contribution is 0.669. The normalized spacial score (nSPS) is 11.9. The zero-order valence-electron chi connectivity index (χ0n) is 33.4. The molecule has 0 atom stereocenters. The van der Waals surface area contributed by atoms with Crippen LogP contribution in [0.3, 0.4) is 0 Å². The van der Waals surface area contributed by atoms with Gasteiger partial charge < -0.3 is 13.4 Å². The van der Waals surface area contributed by atoms with Gasteiger partial charge in [0.1, 0.15) is 69.4 Å². The van der Waals surface area contributed by atoms with Gasteiger partial charge in [-0.15, -0.1) is 10.9 Å². The molecule has 8 aromatic carbocycles. The molecule has 0 spiro atoms. The Labute approximate surface area is 368 Å². The Balaban J connectivity index is 1.09. The summed E-state index contributed by atoms with van der Waals surface area (Å²) in [7, 11) is 39.8. The first kappa shape index (κ1) is 37.3. The minimum absolute atomic E-state index is 0.324. The summed E-state index contributed by atoms with van der Waals surface area (Å²) < 4.78 is 15.0. The van der Waals surface area contributed by atoms with Crippen LogP contribution in [0.15, 0.2) is 154 Å². The van der Waals surface area contributed by atoms with Crippen LogP contribution in [0.25, 0.3) is 117 Å². The lowest BCUT2D eigenvalue weighted by Gasteiger charge is -2.15. The summed E-state index contributed by atoms with van der Waals surface area (Å²) in [6.07, 6.45) is 0. The summed E-state index contributed by atoms with van der Waals surface area (Å²) in [5.41, 5.74) is 11.2. The predicted octanol–water partition coefficient (Wildman–Crippen LogP) is 6.20. The van der Waals surface area contributed by atoms with Crippen LogP contribution in [-0.4, -0.2) is 66.6 Å². The van der Waals surface area contributed by atoms with Crippen molar-refractivity contribution in [1.29, 1.82) is 0 Å². The van der Waals surface area contributed by atoms with Crippen molar-refractivity contribution in [2.75, 3.05) is 0 Å². The fourth-order valence-corrected chi connectivity index (χ4v) is 9.00. The van der Waals surface area contributed by atoms with Crippen LogP contribution in [-0.2, 0) is 0 Å². The molecule has 278 valence electrons. The fourth-order valence-electron chi connectivity index (χ4n) is 9.00. The molecule has 12 aromatic rings. The molecule has 0 saturated carbocycles. The SMILES string of the molecule is [B]c1cc([B])c2c(c1[B])c1c([B])c([B])cc([B])c1n2-c1cc(-c2ccccc2)c2oc3cc(-c4nc(-c5ccccc5)nc(-c5ccc6oc7ccccc7c6c5)n4)ccc3c2c1. The average molecular weight is 790 g/mol. The van der Waals surface area contributed by atoms with Gasteiger partial charge in [0.2, 0.25) is 0 Å². The molecule has 12 rings (SSSR count). The highest BCUT2D eigenvalue weighted by molar-refractivity contribution is 6.62. The van der Waals surface area contributed by atoms with Crippen molar-refractivity contribution in [3.05, 3.63) is 146 Å². The van der Waals surface area contributed by atoms with Crippen LogP contribution in [0, 0.1) is 0 Å². The Kier molecular flexibility index (Phi) is 8.32. The van der Waals surface area contributed by atoms with Gasteiger partial charge in [-0.2, -0.15) is 0 Å². The van der Waals surface area contributed by atoms with Gasteiger partial charge in [0.25, 0.3) is 0 Å². The van der Waals surface area contributed by atoms with E-state index in [4.69, 9.17) is 70.9 Å². The van der Waals surface area contributed by atoms with Crippen molar-refractivity contribution in [1.82, 2.24) is 19.5 Å². The molecule has 0 saturated heterocycles. The lowest BCUT2D eigenvalue weighted by Crippen LogP contribution is -2.33. The summed E-state index contributed by atoms with van der Waals surface area (Å²) in [4.78, 5) is 15.1. The second kappa shape index (κ2) is 14.0. The average Bonchev–Trinajstić information content (AvgIpc) is 4.00. The molecule has 4 heterocycles. The first-order chi connectivity index (χ1) is 30.7. The maximum atomic E-state index is 6.86. The molecule has 0 fully saturated rings. The van der Waals surface area contributed by atoms with Crippen LogP contribution in [0.4, 0.5) is 0 Å². The van der Waals surface area contributed by atoms with Crippen molar-refractivity contribution in [2.45, 2.75) is 0 Å². The number of fused-ring (bicyclic) bond motifs is 9. The van der Waals surface area contributed by atoms with E-state index < -0.39 is 0 Å². The standard InChI is InChI=1S/C51H24B6N4O2/c52-35-23-37(54)46-42(44(35)56)43-45(57)36(53)24-38(55)47(43)61(46)29-21-32(25-9-3-1-4-10-25)48-34(22-29)31-17-15-28(20-41(31)63-48)51-59-49(26-11-5-2-6-12-26)58-50(60-51)27-16-18-40-33(19-27)30-13-7-8-14-39(30)62-40/h1-24H. The van der Waals surface area contributed by atoms with E-state index in [1.807, 2.05) is 114 Å². The summed E-state index contributed by atoms with van der Waals surface area (Å²) in [5, 5.41) is 4.88. The Morgan fingerprint density at radius 3 is 1.59 bits per heavy atom. The Morgan fingerprint density at radius 2 is 0.921 bits per heavy atom. The summed E-state index contributed by atoms with van der Waals surface area (Å²) >= 11 is 0. The van der Waals surface area contributed by atoms with Crippen molar-refractivity contribution < 1.29 is 8.83 Å². The van der Waals surface area contributed by atoms with E-state index in [9.17, 15) is 0 Å². The highest BCUT2D eigenvalue weighted by atomic mass is 16.3. The molecule has 12 heteroatoms. The molecule has 0 bridgehead atoms. The van der Waals surface area contributed by atoms with Crippen molar-refractivity contribution in [3.63, 3.8) is 0 Å². The molecule has 0 unspecified atom stereocenters. The van der Waals surface area contributed by atoms with Gasteiger partial charge in [-0.1, -0.05) is 119 Å². The first-order valence-corrected chi connectivity index (χ1v) is 20.2. The molecule has 63 heavy (non-hydrogen) atoms. The first-order valence-electron chi connectivity index (χ1n) is 20.2. The van der Waals surface area contributed by atoms with Crippen molar-refractivity contribution in [3.8, 4) is 51.0 Å². The third-order valence-electron chi connectivity index (χ3n) is 12.0. The Bertz CT molecular complexity index is 3810. The minimum Gasteiger partial charge on any atom is -0.456 e. The van der Waals surface area contributed by atoms with E-state index >= 15 is 0 Å². The third-order valence-corrected chi connectivity index (χ3v) is 12.0. The predicted molar refractivity (Wildman–Crippen MR) is 263 cm³/mol. The third kappa shape index (κ3) is 5.77. The van der Waals surface area contributed by atoms with Gasteiger partial charge in [0.05, 0.1) is 0 Å². The second-order valence-corrected chi connectivity index (χ2v) is 15.8. The molecule has 0 N–H and O–H groups in total. The zero-order valence-corrected chi connectivity index (χ0v) is 33.4. The highest BCUT2D eigenvalue weighted by Gasteiger charge is 2.23. The van der Waals surface area contributed by atoms with Crippen LogP contribution in [0.5, 0.6) is 0 Å². The molecule has 0 aliphatic carbocycles. The molecule has 0 aliphatic heterocycles. The number of furan rings is 2. The second-order valence-electron chi connectivity index (χ2n) is 15.8. The van der Waals surface area contributed by atoms with E-state index in [0.29, 0.717) is 83.2 Å². The number of nitrogens with zero attached hydrogens (tertiary/aromatic N) is 4. The number of para-hydroxylation sites is 1. The van der Waals surface area contributed by atoms with Crippen LogP contribution < -0.4 is 32.8 Å². The summed E-state index contributed by atoms with van der Waals surface area (Å²) in [6.45, 7) is 0. The summed E-state index contributed by atoms with van der Waals surface area (Å²) in [5.74, 6) is 1.57. The van der Waals surface area contributed by atoms with Gasteiger partial charge in [-0.05, 0) is 64.9 Å². The number of aromatic nitrogens is 4. The monoisotopic (exact) mass is 790 g/mol. The van der Waals surface area contributed by atoms with Crippen LogP contribution in [0.2, 0.25) is 0 Å². The molecular formula is C51H24B6N4O2. The maximum Gasteiger partial charge on any atom is 0.164 e. The number of rotatable bonds is 5. The molecule has 4 aromatic heterocycles. The van der Waals surface area contributed by atoms with Gasteiger partial charge in [0, 0.05) is 60.5 Å². The zero-order chi connectivity index (χ0) is 42.7. The lowest BCUT2D eigenvalue weighted by atomic mass is 9.71. The van der Waals surface area contributed by atoms with Crippen molar-refractivity contribution >= 4 is 146 Å². The summed E-state index contributed by atoms with van der Waals surface area (Å²) in [6, 6.07) is 47.4. The quantitative estimate of drug-likeness (QED) is 0.195. The van der Waals surface area contributed by atoms with E-state index in [-0.39, 0.29) is 0 Å². The number of hydrogen-bond acceptors (Lipinski definition) is 5. The van der Waals surface area contributed by atoms with Crippen molar-refractivity contribution in [2.24, 2.45) is 0 Å². The largest absolute Gasteiger partial charge is 0.456 e. The Hall–Kier alpha value is -7.44. The van der Waals surface area contributed by atoms with Crippen LogP contribution >= 0.6 is 0 Å². The van der Waals surface area contributed by atoms with Gasteiger partial charge in [-0.3, -0.25) is 0 Å². The van der Waals surface area contributed by atoms with Gasteiger partial charge >= 0.3 is 0 Å². The van der Waals surface area contributed by atoms with E-state index in [1.54, 1.807) is 12.1 Å². The molecule has 12 radical (unpaired) electrons. The molecule has 0 aliphatic rings. The Morgan fingerprint density at radius 1 is 0.381 bits per heavy atom. The van der Waals surface area contributed by atoms with Crippen LogP contribution in [0.1, 0.15) is 0 Å². The molecule has 6 nitrogen and oxygen atoms in total. The fraction of sp³-hybridized carbons (Fsp3) is 0. The van der Waals surface area contributed by atoms with E-state index in [2.05, 4.69) is 24.3 Å². The minimum atomic E-state index is 0.324. The smallest absolute Gasteiger partial charge is 0.164 e. The van der Waals surface area contributed by atoms with E-state index in [1.165, 1.54) is 0 Å². The van der Waals surface area contributed by atoms with E-state index in [0.717, 1.165) is 66.2 Å². The highest BCUT2D eigenvalue weighted by Crippen LogP contribution is 2.41. The molecule has 0 amide bonds. The number of benzene rings is 8. The maximum absolute atomic E-state index is 6.86. The topological polar surface area (TPSA) is 69.9 Å².